The predicted octanol–water partition coefficient (Wildman–Crippen LogP) is 1.55. The minimum atomic E-state index is -4.21. The number of sulfonamides is 1. The number of rotatable bonds is 8. The number of ketones is 1. The van der Waals surface area contributed by atoms with Crippen LogP contribution in [0.15, 0.2) is 65.8 Å². The fourth-order valence-electron chi connectivity index (χ4n) is 4.50. The molecule has 0 radical (unpaired) electrons. The van der Waals surface area contributed by atoms with Crippen LogP contribution in [-0.2, 0) is 19.6 Å². The molecule has 39 heavy (non-hydrogen) atoms. The van der Waals surface area contributed by atoms with Crippen LogP contribution < -0.4 is 15.4 Å². The Kier molecular flexibility index (Phi) is 8.56. The van der Waals surface area contributed by atoms with Crippen LogP contribution in [0.1, 0.15) is 43.6 Å². The zero-order valence-corrected chi connectivity index (χ0v) is 22.6. The van der Waals surface area contributed by atoms with Crippen molar-refractivity contribution in [1.82, 2.24) is 19.9 Å². The molecule has 3 aromatic rings. The van der Waals surface area contributed by atoms with Crippen molar-refractivity contribution < 1.29 is 27.5 Å². The van der Waals surface area contributed by atoms with E-state index in [9.17, 15) is 28.0 Å². The van der Waals surface area contributed by atoms with E-state index in [4.69, 9.17) is 0 Å². The Morgan fingerprint density at radius 3 is 2.62 bits per heavy atom. The highest BCUT2D eigenvalue weighted by Gasteiger charge is 2.37. The minimum absolute atomic E-state index is 0.0229. The highest BCUT2D eigenvalue weighted by atomic mass is 32.2. The van der Waals surface area contributed by atoms with Crippen molar-refractivity contribution in [2.75, 3.05) is 13.1 Å². The Hall–Kier alpha value is -3.90. The van der Waals surface area contributed by atoms with Gasteiger partial charge in [0.15, 0.2) is 12.0 Å². The molecule has 1 aliphatic rings. The molecule has 2 atom stereocenters. The van der Waals surface area contributed by atoms with Crippen molar-refractivity contribution in [3.05, 3.63) is 71.7 Å². The Morgan fingerprint density at radius 1 is 1.13 bits per heavy atom. The SMILES string of the molecule is CC(C)C[C@H](NC(=O)c1ccc2ccccc2n1)C(=O)NC1CCCN(S(=O)(=O)c2cccc[n+]2[O-])CC1=O. The molecule has 1 saturated heterocycles. The van der Waals surface area contributed by atoms with Crippen LogP contribution in [0, 0.1) is 11.1 Å². The van der Waals surface area contributed by atoms with Crippen molar-refractivity contribution in [3.63, 3.8) is 0 Å². The number of hydrogen-bond donors (Lipinski definition) is 2. The van der Waals surface area contributed by atoms with Gasteiger partial charge < -0.3 is 15.8 Å². The lowest BCUT2D eigenvalue weighted by Crippen LogP contribution is -2.53. The number of nitrogens with one attached hydrogen (secondary N) is 2. The van der Waals surface area contributed by atoms with Crippen molar-refractivity contribution in [2.24, 2.45) is 5.92 Å². The molecule has 206 valence electrons. The molecule has 0 aliphatic carbocycles. The van der Waals surface area contributed by atoms with Crippen LogP contribution in [0.2, 0.25) is 0 Å². The second-order valence-corrected chi connectivity index (χ2v) is 11.8. The molecule has 2 aromatic heterocycles. The standard InChI is InChI=1S/C27H31N5O6S/c1-18(2)16-23(30-26(34)22-13-12-19-8-3-4-9-20(19)28-22)27(35)29-21-10-7-14-31(17-24(21)33)39(37,38)25-11-5-6-15-32(25)36/h3-6,8-9,11-13,15,18,21,23H,7,10,14,16-17H2,1-2H3,(H,29,35)(H,30,34)/t21?,23-/m0/s1. The first-order valence-electron chi connectivity index (χ1n) is 12.7. The van der Waals surface area contributed by atoms with Crippen molar-refractivity contribution in [3.8, 4) is 0 Å². The van der Waals surface area contributed by atoms with Crippen molar-refractivity contribution in [1.29, 1.82) is 0 Å². The van der Waals surface area contributed by atoms with E-state index >= 15 is 0 Å². The van der Waals surface area contributed by atoms with Gasteiger partial charge in [0.05, 0.1) is 18.1 Å². The number of carbonyl (C=O) groups is 3. The van der Waals surface area contributed by atoms with Crippen LogP contribution in [0.4, 0.5) is 0 Å². The third kappa shape index (κ3) is 6.58. The van der Waals surface area contributed by atoms with Crippen LogP contribution in [0.25, 0.3) is 10.9 Å². The second-order valence-electron chi connectivity index (χ2n) is 9.92. The molecule has 1 aromatic carbocycles. The molecule has 1 aliphatic heterocycles. The molecule has 4 rings (SSSR count). The molecule has 1 fully saturated rings. The van der Waals surface area contributed by atoms with Gasteiger partial charge in [0.2, 0.25) is 5.91 Å². The number of hydrogen-bond acceptors (Lipinski definition) is 7. The summed E-state index contributed by atoms with van der Waals surface area (Å²) < 4.78 is 27.2. The average molecular weight is 554 g/mol. The average Bonchev–Trinajstić information content (AvgIpc) is 3.09. The van der Waals surface area contributed by atoms with Gasteiger partial charge in [-0.25, -0.2) is 13.4 Å². The number of nitrogens with zero attached hydrogens (tertiary/aromatic N) is 3. The van der Waals surface area contributed by atoms with Crippen molar-refractivity contribution >= 4 is 38.5 Å². The Balaban J connectivity index is 1.45. The van der Waals surface area contributed by atoms with Gasteiger partial charge in [-0.2, -0.15) is 9.04 Å². The number of para-hydroxylation sites is 1. The number of Topliss-reactive ketones (excluding diaryl/α,β-unsaturated/α-hetero) is 1. The van der Waals surface area contributed by atoms with E-state index in [0.717, 1.165) is 15.9 Å². The fourth-order valence-corrected chi connectivity index (χ4v) is 5.97. The van der Waals surface area contributed by atoms with Crippen LogP contribution >= 0.6 is 0 Å². The summed E-state index contributed by atoms with van der Waals surface area (Å²) in [7, 11) is -4.21. The number of amides is 2. The molecule has 0 spiro atoms. The van der Waals surface area contributed by atoms with E-state index in [1.54, 1.807) is 18.2 Å². The minimum Gasteiger partial charge on any atom is -0.618 e. The molecular weight excluding hydrogens is 522 g/mol. The number of carbonyl (C=O) groups excluding carboxylic acids is 3. The zero-order valence-electron chi connectivity index (χ0n) is 21.7. The van der Waals surface area contributed by atoms with Gasteiger partial charge in [-0.3, -0.25) is 14.4 Å². The van der Waals surface area contributed by atoms with Crippen LogP contribution in [0.5, 0.6) is 0 Å². The summed E-state index contributed by atoms with van der Waals surface area (Å²) in [5.74, 6) is -1.49. The largest absolute Gasteiger partial charge is 0.618 e. The predicted molar refractivity (Wildman–Crippen MR) is 143 cm³/mol. The second kappa shape index (κ2) is 11.9. The molecular formula is C27H31N5O6S. The van der Waals surface area contributed by atoms with Gasteiger partial charge in [0.25, 0.3) is 5.91 Å². The maximum atomic E-state index is 13.3. The summed E-state index contributed by atoms with van der Waals surface area (Å²) in [6.45, 7) is 3.36. The Bertz CT molecular complexity index is 1490. The molecule has 0 bridgehead atoms. The molecule has 0 saturated carbocycles. The van der Waals surface area contributed by atoms with E-state index in [1.807, 2.05) is 32.0 Å². The van der Waals surface area contributed by atoms with Gasteiger partial charge in [0.1, 0.15) is 11.7 Å². The van der Waals surface area contributed by atoms with E-state index in [2.05, 4.69) is 15.6 Å². The van der Waals surface area contributed by atoms with Gasteiger partial charge >= 0.3 is 15.0 Å². The molecule has 12 heteroatoms. The highest BCUT2D eigenvalue weighted by Crippen LogP contribution is 2.18. The number of aromatic nitrogens is 2. The lowest BCUT2D eigenvalue weighted by Gasteiger charge is -2.23. The van der Waals surface area contributed by atoms with Gasteiger partial charge in [0, 0.05) is 24.1 Å². The van der Waals surface area contributed by atoms with Crippen LogP contribution in [-0.4, -0.2) is 60.5 Å². The van der Waals surface area contributed by atoms with E-state index in [0.29, 0.717) is 18.4 Å². The number of pyridine rings is 2. The molecule has 2 amide bonds. The molecule has 2 N–H and O–H groups in total. The molecule has 11 nitrogen and oxygen atoms in total. The summed E-state index contributed by atoms with van der Waals surface area (Å²) >= 11 is 0. The van der Waals surface area contributed by atoms with Gasteiger partial charge in [-0.1, -0.05) is 38.1 Å². The lowest BCUT2D eigenvalue weighted by molar-refractivity contribution is -0.646. The Labute approximate surface area is 226 Å². The lowest BCUT2D eigenvalue weighted by atomic mass is 10.0. The zero-order chi connectivity index (χ0) is 28.2. The van der Waals surface area contributed by atoms with Gasteiger partial charge in [-0.05, 0) is 43.4 Å². The monoisotopic (exact) mass is 553 g/mol. The normalized spacial score (nSPS) is 17.5. The topological polar surface area (TPSA) is 152 Å². The van der Waals surface area contributed by atoms with Crippen molar-refractivity contribution in [2.45, 2.75) is 50.2 Å². The Morgan fingerprint density at radius 2 is 1.87 bits per heavy atom. The first-order chi connectivity index (χ1) is 18.6. The summed E-state index contributed by atoms with van der Waals surface area (Å²) in [5.41, 5.74) is 0.815. The third-order valence-electron chi connectivity index (χ3n) is 6.49. The van der Waals surface area contributed by atoms with Crippen LogP contribution in [0.3, 0.4) is 0 Å². The number of benzene rings is 1. The smallest absolute Gasteiger partial charge is 0.323 e. The first-order valence-corrected chi connectivity index (χ1v) is 14.2. The quantitative estimate of drug-likeness (QED) is 0.317. The molecule has 3 heterocycles. The highest BCUT2D eigenvalue weighted by molar-refractivity contribution is 7.89. The summed E-state index contributed by atoms with van der Waals surface area (Å²) in [4.78, 5) is 43.7. The maximum Gasteiger partial charge on any atom is 0.323 e. The first kappa shape index (κ1) is 28.1. The maximum absolute atomic E-state index is 13.3. The van der Waals surface area contributed by atoms with E-state index < -0.39 is 51.3 Å². The molecule has 1 unspecified atom stereocenters. The number of fused-ring (bicyclic) bond motifs is 1. The summed E-state index contributed by atoms with van der Waals surface area (Å²) in [6, 6.07) is 12.9. The van der Waals surface area contributed by atoms with Gasteiger partial charge in [-0.15, -0.1) is 0 Å². The fraction of sp³-hybridized carbons (Fsp3) is 0.370. The van der Waals surface area contributed by atoms with E-state index in [1.165, 1.54) is 18.2 Å². The summed E-state index contributed by atoms with van der Waals surface area (Å²) in [5, 5.41) is 17.9. The third-order valence-corrected chi connectivity index (χ3v) is 8.33. The summed E-state index contributed by atoms with van der Waals surface area (Å²) in [6.07, 6.45) is 1.91. The van der Waals surface area contributed by atoms with E-state index in [-0.39, 0.29) is 29.3 Å².